The Labute approximate surface area is 154 Å². The van der Waals surface area contributed by atoms with E-state index in [1.165, 1.54) is 0 Å². The zero-order valence-electron chi connectivity index (χ0n) is 12.9. The molecule has 0 aliphatic heterocycles. The Hall–Kier alpha value is -2.25. The van der Waals surface area contributed by atoms with E-state index in [9.17, 15) is 9.59 Å². The molecule has 5 nitrogen and oxygen atoms in total. The van der Waals surface area contributed by atoms with Gasteiger partial charge in [0.25, 0.3) is 11.8 Å². The molecule has 24 heavy (non-hydrogen) atoms. The molecule has 0 fully saturated rings. The molecule has 2 rings (SSSR count). The van der Waals surface area contributed by atoms with Crippen molar-refractivity contribution in [1.29, 1.82) is 0 Å². The predicted molar refractivity (Wildman–Crippen MR) is 102 cm³/mol. The van der Waals surface area contributed by atoms with Gasteiger partial charge in [-0.1, -0.05) is 22.0 Å². The Balaban J connectivity index is 1.99. The highest BCUT2D eigenvalue weighted by Crippen LogP contribution is 2.12. The first-order valence-corrected chi connectivity index (χ1v) is 8.46. The van der Waals surface area contributed by atoms with Crippen molar-refractivity contribution in [3.63, 3.8) is 0 Å². The van der Waals surface area contributed by atoms with Gasteiger partial charge >= 0.3 is 0 Å². The lowest BCUT2D eigenvalue weighted by Gasteiger charge is -2.11. The quantitative estimate of drug-likeness (QED) is 0.682. The van der Waals surface area contributed by atoms with Crippen LogP contribution in [0, 0.1) is 0 Å². The van der Waals surface area contributed by atoms with E-state index in [2.05, 4.69) is 31.9 Å². The van der Waals surface area contributed by atoms with Crippen LogP contribution >= 0.6 is 28.1 Å². The number of halogens is 1. The van der Waals surface area contributed by atoms with Gasteiger partial charge in [-0.15, -0.1) is 0 Å². The van der Waals surface area contributed by atoms with E-state index in [1.807, 2.05) is 6.92 Å². The van der Waals surface area contributed by atoms with Crippen LogP contribution in [-0.2, 0) is 0 Å². The van der Waals surface area contributed by atoms with Gasteiger partial charge in [-0.25, -0.2) is 0 Å². The van der Waals surface area contributed by atoms with Crippen LogP contribution in [0.5, 0.6) is 0 Å². The van der Waals surface area contributed by atoms with Crippen molar-refractivity contribution in [2.75, 3.05) is 11.9 Å². The number of carbonyl (C=O) groups is 2. The third kappa shape index (κ3) is 5.14. The largest absolute Gasteiger partial charge is 0.352 e. The maximum atomic E-state index is 12.1. The summed E-state index contributed by atoms with van der Waals surface area (Å²) in [6, 6.07) is 13.8. The van der Waals surface area contributed by atoms with Gasteiger partial charge in [0, 0.05) is 27.8 Å². The van der Waals surface area contributed by atoms with E-state index >= 15 is 0 Å². The predicted octanol–water partition coefficient (Wildman–Crippen LogP) is 3.33. The fourth-order valence-corrected chi connectivity index (χ4v) is 2.41. The summed E-state index contributed by atoms with van der Waals surface area (Å²) in [6.45, 7) is 2.41. The van der Waals surface area contributed by atoms with Crippen molar-refractivity contribution in [1.82, 2.24) is 10.6 Å². The SMILES string of the molecule is CCNC(=O)c1cccc(NC(=S)NC(=O)c2ccc(Br)cc2)c1. The first-order chi connectivity index (χ1) is 11.5. The number of benzene rings is 2. The minimum Gasteiger partial charge on any atom is -0.352 e. The third-order valence-electron chi connectivity index (χ3n) is 3.05. The van der Waals surface area contributed by atoms with Crippen molar-refractivity contribution in [3.8, 4) is 0 Å². The molecule has 0 saturated carbocycles. The summed E-state index contributed by atoms with van der Waals surface area (Å²) in [4.78, 5) is 23.9. The van der Waals surface area contributed by atoms with Crippen molar-refractivity contribution in [3.05, 3.63) is 64.1 Å². The summed E-state index contributed by atoms with van der Waals surface area (Å²) < 4.78 is 0.891. The van der Waals surface area contributed by atoms with Gasteiger partial charge in [0.1, 0.15) is 0 Å². The number of anilines is 1. The van der Waals surface area contributed by atoms with Crippen LogP contribution in [0.1, 0.15) is 27.6 Å². The molecule has 0 aromatic heterocycles. The molecule has 2 aromatic carbocycles. The molecule has 7 heteroatoms. The first-order valence-electron chi connectivity index (χ1n) is 7.25. The molecule has 0 atom stereocenters. The maximum absolute atomic E-state index is 12.1. The Kier molecular flexibility index (Phi) is 6.45. The second-order valence-corrected chi connectivity index (χ2v) is 6.18. The lowest BCUT2D eigenvalue weighted by atomic mass is 10.2. The van der Waals surface area contributed by atoms with Crippen LogP contribution in [0.3, 0.4) is 0 Å². The van der Waals surface area contributed by atoms with E-state index in [0.29, 0.717) is 23.4 Å². The average Bonchev–Trinajstić information content (AvgIpc) is 2.55. The second-order valence-electron chi connectivity index (χ2n) is 4.86. The minimum absolute atomic E-state index is 0.161. The topological polar surface area (TPSA) is 70.2 Å². The molecule has 0 heterocycles. The number of amides is 2. The molecule has 2 aromatic rings. The van der Waals surface area contributed by atoms with Gasteiger partial charge in [0.05, 0.1) is 0 Å². The highest BCUT2D eigenvalue weighted by atomic mass is 79.9. The second kappa shape index (κ2) is 8.56. The Morgan fingerprint density at radius 2 is 1.75 bits per heavy atom. The van der Waals surface area contributed by atoms with Crippen molar-refractivity contribution < 1.29 is 9.59 Å². The highest BCUT2D eigenvalue weighted by molar-refractivity contribution is 9.10. The fraction of sp³-hybridized carbons (Fsp3) is 0.118. The van der Waals surface area contributed by atoms with E-state index in [1.54, 1.807) is 48.5 Å². The van der Waals surface area contributed by atoms with Crippen molar-refractivity contribution in [2.45, 2.75) is 6.92 Å². The number of rotatable bonds is 4. The molecule has 0 radical (unpaired) electrons. The molecule has 0 unspecified atom stereocenters. The summed E-state index contributed by atoms with van der Waals surface area (Å²) in [6.07, 6.45) is 0. The van der Waals surface area contributed by atoms with Crippen molar-refractivity contribution >= 4 is 50.8 Å². The Morgan fingerprint density at radius 1 is 1.04 bits per heavy atom. The number of hydrogen-bond acceptors (Lipinski definition) is 3. The summed E-state index contributed by atoms with van der Waals surface area (Å²) in [5.74, 6) is -0.467. The highest BCUT2D eigenvalue weighted by Gasteiger charge is 2.09. The van der Waals surface area contributed by atoms with E-state index in [4.69, 9.17) is 12.2 Å². The van der Waals surface area contributed by atoms with Crippen LogP contribution in [0.25, 0.3) is 0 Å². The smallest absolute Gasteiger partial charge is 0.257 e. The molecular weight excluding hydrogens is 390 g/mol. The lowest BCUT2D eigenvalue weighted by molar-refractivity contribution is 0.0953. The summed E-state index contributed by atoms with van der Waals surface area (Å²) >= 11 is 8.46. The standard InChI is InChI=1S/C17H16BrN3O2S/c1-2-19-15(22)12-4-3-5-14(10-12)20-17(24)21-16(23)11-6-8-13(18)9-7-11/h3-10H,2H2,1H3,(H,19,22)(H2,20,21,23,24). The van der Waals surface area contributed by atoms with E-state index < -0.39 is 0 Å². The van der Waals surface area contributed by atoms with Gasteiger partial charge in [0.2, 0.25) is 0 Å². The lowest BCUT2D eigenvalue weighted by Crippen LogP contribution is -2.34. The zero-order valence-corrected chi connectivity index (χ0v) is 15.3. The summed E-state index contributed by atoms with van der Waals surface area (Å²) in [5, 5.41) is 8.40. The van der Waals surface area contributed by atoms with Gasteiger partial charge in [0.15, 0.2) is 5.11 Å². The molecule has 2 amide bonds. The fourth-order valence-electron chi connectivity index (χ4n) is 1.94. The van der Waals surface area contributed by atoms with Gasteiger partial charge < -0.3 is 10.6 Å². The normalized spacial score (nSPS) is 9.92. The summed E-state index contributed by atoms with van der Waals surface area (Å²) in [5.41, 5.74) is 1.64. The Morgan fingerprint density at radius 3 is 2.42 bits per heavy atom. The molecule has 0 spiro atoms. The number of hydrogen-bond donors (Lipinski definition) is 3. The van der Waals surface area contributed by atoms with Gasteiger partial charge in [-0.3, -0.25) is 14.9 Å². The molecule has 0 bridgehead atoms. The van der Waals surface area contributed by atoms with Crippen LogP contribution in [0.2, 0.25) is 0 Å². The van der Waals surface area contributed by atoms with Crippen LogP contribution in [0.4, 0.5) is 5.69 Å². The van der Waals surface area contributed by atoms with Gasteiger partial charge in [-0.2, -0.15) is 0 Å². The number of carbonyl (C=O) groups excluding carboxylic acids is 2. The maximum Gasteiger partial charge on any atom is 0.257 e. The number of nitrogens with one attached hydrogen (secondary N) is 3. The molecule has 0 aliphatic carbocycles. The van der Waals surface area contributed by atoms with E-state index in [0.717, 1.165) is 4.47 Å². The molecular formula is C17H16BrN3O2S. The number of thiocarbonyl (C=S) groups is 1. The average molecular weight is 406 g/mol. The van der Waals surface area contributed by atoms with Crippen LogP contribution in [-0.4, -0.2) is 23.5 Å². The third-order valence-corrected chi connectivity index (χ3v) is 3.79. The molecule has 124 valence electrons. The van der Waals surface area contributed by atoms with Crippen molar-refractivity contribution in [2.24, 2.45) is 0 Å². The Bertz CT molecular complexity index is 763. The monoisotopic (exact) mass is 405 g/mol. The van der Waals surface area contributed by atoms with Crippen LogP contribution in [0.15, 0.2) is 53.0 Å². The minimum atomic E-state index is -0.306. The molecule has 0 saturated heterocycles. The summed E-state index contributed by atoms with van der Waals surface area (Å²) in [7, 11) is 0. The molecule has 0 aliphatic rings. The van der Waals surface area contributed by atoms with Gasteiger partial charge in [-0.05, 0) is 61.6 Å². The van der Waals surface area contributed by atoms with E-state index in [-0.39, 0.29) is 16.9 Å². The van der Waals surface area contributed by atoms with Crippen LogP contribution < -0.4 is 16.0 Å². The molecule has 3 N–H and O–H groups in total. The zero-order chi connectivity index (χ0) is 17.5. The first kappa shape index (κ1) is 18.1.